The summed E-state index contributed by atoms with van der Waals surface area (Å²) in [5.74, 6) is -0.803. The minimum absolute atomic E-state index is 0.109. The van der Waals surface area contributed by atoms with E-state index in [1.807, 2.05) is 69.3 Å². The van der Waals surface area contributed by atoms with Crippen molar-refractivity contribution < 1.29 is 18.8 Å². The lowest BCUT2D eigenvalue weighted by Crippen LogP contribution is -2.51. The van der Waals surface area contributed by atoms with Crippen LogP contribution in [0.15, 0.2) is 71.3 Å². The Bertz CT molecular complexity index is 1190. The van der Waals surface area contributed by atoms with Crippen LogP contribution in [0.5, 0.6) is 0 Å². The van der Waals surface area contributed by atoms with Crippen molar-refractivity contribution >= 4 is 23.4 Å². The predicted molar refractivity (Wildman–Crippen MR) is 146 cm³/mol. The highest BCUT2D eigenvalue weighted by Crippen LogP contribution is 2.30. The number of benzene rings is 2. The van der Waals surface area contributed by atoms with Gasteiger partial charge in [-0.25, -0.2) is 0 Å². The third-order valence-electron chi connectivity index (χ3n) is 5.96. The van der Waals surface area contributed by atoms with Crippen LogP contribution in [0.2, 0.25) is 0 Å². The second-order valence-electron chi connectivity index (χ2n) is 10.4. The number of amides is 3. The van der Waals surface area contributed by atoms with Gasteiger partial charge in [-0.3, -0.25) is 19.3 Å². The third kappa shape index (κ3) is 7.32. The van der Waals surface area contributed by atoms with Gasteiger partial charge in [0.1, 0.15) is 6.04 Å². The Labute approximate surface area is 219 Å². The van der Waals surface area contributed by atoms with Crippen LogP contribution in [0.1, 0.15) is 80.7 Å². The maximum absolute atomic E-state index is 13.7. The molecule has 196 valence electrons. The van der Waals surface area contributed by atoms with Crippen molar-refractivity contribution in [2.45, 2.75) is 65.5 Å². The molecule has 1 heterocycles. The molecule has 0 aliphatic heterocycles. The van der Waals surface area contributed by atoms with Crippen LogP contribution >= 0.6 is 0 Å². The lowest BCUT2D eigenvalue weighted by Gasteiger charge is -2.34. The normalized spacial score (nSPS) is 12.2. The van der Waals surface area contributed by atoms with Crippen molar-refractivity contribution in [1.29, 1.82) is 0 Å². The maximum atomic E-state index is 13.7. The van der Waals surface area contributed by atoms with Gasteiger partial charge in [0, 0.05) is 11.2 Å². The highest BCUT2D eigenvalue weighted by atomic mass is 16.3. The zero-order valence-electron chi connectivity index (χ0n) is 22.5. The lowest BCUT2D eigenvalue weighted by atomic mass is 9.96. The van der Waals surface area contributed by atoms with Gasteiger partial charge in [-0.15, -0.1) is 0 Å². The van der Waals surface area contributed by atoms with E-state index >= 15 is 0 Å². The Morgan fingerprint density at radius 3 is 2.05 bits per heavy atom. The molecule has 0 aliphatic rings. The quantitative estimate of drug-likeness (QED) is 0.410. The number of hydrogen-bond donors (Lipinski definition) is 2. The molecule has 3 aromatic rings. The molecular weight excluding hydrogens is 466 g/mol. The third-order valence-corrected chi connectivity index (χ3v) is 5.96. The monoisotopic (exact) mass is 503 g/mol. The Kier molecular flexibility index (Phi) is 8.92. The number of carbonyl (C=O) groups excluding carboxylic acids is 3. The SMILES string of the molecule is CCc1ccc(N(C(=O)CNC(=O)c2ccco2)C(C(=O)NC(C)(C)C)c2ccc(C(C)C)cc2)cc1. The zero-order valence-corrected chi connectivity index (χ0v) is 22.5. The summed E-state index contributed by atoms with van der Waals surface area (Å²) in [6.07, 6.45) is 2.24. The van der Waals surface area contributed by atoms with Crippen LogP contribution in [-0.4, -0.2) is 29.8 Å². The molecule has 2 N–H and O–H groups in total. The molecule has 3 rings (SSSR count). The molecule has 0 saturated carbocycles. The van der Waals surface area contributed by atoms with Gasteiger partial charge >= 0.3 is 0 Å². The van der Waals surface area contributed by atoms with E-state index in [9.17, 15) is 14.4 Å². The fraction of sp³-hybridized carbons (Fsp3) is 0.367. The van der Waals surface area contributed by atoms with Gasteiger partial charge in [0.2, 0.25) is 11.8 Å². The fourth-order valence-corrected chi connectivity index (χ4v) is 3.98. The highest BCUT2D eigenvalue weighted by Gasteiger charge is 2.34. The molecule has 2 aromatic carbocycles. The van der Waals surface area contributed by atoms with Gasteiger partial charge in [-0.05, 0) is 74.1 Å². The van der Waals surface area contributed by atoms with E-state index < -0.39 is 23.4 Å². The number of carbonyl (C=O) groups is 3. The van der Waals surface area contributed by atoms with E-state index in [0.29, 0.717) is 17.2 Å². The number of rotatable bonds is 9. The van der Waals surface area contributed by atoms with Crippen LogP contribution in [-0.2, 0) is 16.0 Å². The summed E-state index contributed by atoms with van der Waals surface area (Å²) < 4.78 is 5.14. The van der Waals surface area contributed by atoms with Gasteiger partial charge in [0.15, 0.2) is 5.76 Å². The smallest absolute Gasteiger partial charge is 0.287 e. The molecule has 37 heavy (non-hydrogen) atoms. The lowest BCUT2D eigenvalue weighted by molar-refractivity contribution is -0.127. The molecular formula is C30H37N3O4. The summed E-state index contributed by atoms with van der Waals surface area (Å²) in [6, 6.07) is 17.5. The first-order valence-electron chi connectivity index (χ1n) is 12.6. The molecule has 1 unspecified atom stereocenters. The fourth-order valence-electron chi connectivity index (χ4n) is 3.98. The first-order chi connectivity index (χ1) is 17.5. The Morgan fingerprint density at radius 1 is 0.919 bits per heavy atom. The van der Waals surface area contributed by atoms with Gasteiger partial charge < -0.3 is 15.1 Å². The number of nitrogens with zero attached hydrogens (tertiary/aromatic N) is 1. The largest absolute Gasteiger partial charge is 0.459 e. The molecule has 3 amide bonds. The zero-order chi connectivity index (χ0) is 27.2. The number of aryl methyl sites for hydroxylation is 1. The van der Waals surface area contributed by atoms with E-state index in [2.05, 4.69) is 31.4 Å². The summed E-state index contributed by atoms with van der Waals surface area (Å²) in [5, 5.41) is 5.65. The van der Waals surface area contributed by atoms with Crippen LogP contribution in [0, 0.1) is 0 Å². The van der Waals surface area contributed by atoms with E-state index in [1.165, 1.54) is 17.2 Å². The highest BCUT2D eigenvalue weighted by molar-refractivity contribution is 6.04. The minimum atomic E-state index is -0.944. The van der Waals surface area contributed by atoms with Crippen molar-refractivity contribution in [1.82, 2.24) is 10.6 Å². The van der Waals surface area contributed by atoms with Crippen LogP contribution in [0.4, 0.5) is 5.69 Å². The van der Waals surface area contributed by atoms with Gasteiger partial charge in [-0.1, -0.05) is 57.2 Å². The number of nitrogens with one attached hydrogen (secondary N) is 2. The molecule has 1 aromatic heterocycles. The summed E-state index contributed by atoms with van der Waals surface area (Å²) in [7, 11) is 0. The molecule has 0 aliphatic carbocycles. The Balaban J connectivity index is 2.04. The molecule has 0 bridgehead atoms. The number of anilines is 1. The minimum Gasteiger partial charge on any atom is -0.459 e. The molecule has 0 radical (unpaired) electrons. The van der Waals surface area contributed by atoms with Crippen LogP contribution < -0.4 is 15.5 Å². The second-order valence-corrected chi connectivity index (χ2v) is 10.4. The van der Waals surface area contributed by atoms with Crippen molar-refractivity contribution in [2.75, 3.05) is 11.4 Å². The summed E-state index contributed by atoms with van der Waals surface area (Å²) in [6.45, 7) is 11.6. The van der Waals surface area contributed by atoms with Gasteiger partial charge in [0.05, 0.1) is 12.8 Å². The first kappa shape index (κ1) is 27.7. The molecule has 0 fully saturated rings. The predicted octanol–water partition coefficient (Wildman–Crippen LogP) is 5.38. The van der Waals surface area contributed by atoms with Crippen molar-refractivity contribution in [3.05, 3.63) is 89.4 Å². The van der Waals surface area contributed by atoms with Crippen molar-refractivity contribution in [3.8, 4) is 0 Å². The van der Waals surface area contributed by atoms with Crippen molar-refractivity contribution in [3.63, 3.8) is 0 Å². The van der Waals surface area contributed by atoms with E-state index in [-0.39, 0.29) is 18.2 Å². The topological polar surface area (TPSA) is 91.7 Å². The average Bonchev–Trinajstić information content (AvgIpc) is 3.40. The Morgan fingerprint density at radius 2 is 1.54 bits per heavy atom. The number of hydrogen-bond acceptors (Lipinski definition) is 4. The Hall–Kier alpha value is -3.87. The van der Waals surface area contributed by atoms with E-state index in [1.54, 1.807) is 6.07 Å². The van der Waals surface area contributed by atoms with Gasteiger partial charge in [0.25, 0.3) is 5.91 Å². The summed E-state index contributed by atoms with van der Waals surface area (Å²) >= 11 is 0. The maximum Gasteiger partial charge on any atom is 0.287 e. The molecule has 7 nitrogen and oxygen atoms in total. The second kappa shape index (κ2) is 11.9. The van der Waals surface area contributed by atoms with E-state index in [0.717, 1.165) is 17.5 Å². The summed E-state index contributed by atoms with van der Waals surface area (Å²) in [4.78, 5) is 41.4. The number of furan rings is 1. The van der Waals surface area contributed by atoms with E-state index in [4.69, 9.17) is 4.42 Å². The molecule has 0 saturated heterocycles. The first-order valence-corrected chi connectivity index (χ1v) is 12.6. The van der Waals surface area contributed by atoms with Crippen molar-refractivity contribution in [2.24, 2.45) is 0 Å². The molecule has 0 spiro atoms. The van der Waals surface area contributed by atoms with Crippen LogP contribution in [0.25, 0.3) is 0 Å². The standard InChI is InChI=1S/C30H37N3O4/c1-7-21-10-16-24(17-11-21)33(26(34)19-31-28(35)25-9-8-18-37-25)27(29(36)32-30(4,5)6)23-14-12-22(13-15-23)20(2)3/h8-18,20,27H,7,19H2,1-6H3,(H,31,35)(H,32,36). The molecule has 7 heteroatoms. The van der Waals surface area contributed by atoms with Crippen LogP contribution in [0.3, 0.4) is 0 Å². The average molecular weight is 504 g/mol. The van der Waals surface area contributed by atoms with Gasteiger partial charge in [-0.2, -0.15) is 0 Å². The molecule has 1 atom stereocenters. The summed E-state index contributed by atoms with van der Waals surface area (Å²) in [5.41, 5.74) is 2.98.